The van der Waals surface area contributed by atoms with Crippen LogP contribution in [-0.2, 0) is 6.42 Å². The van der Waals surface area contributed by atoms with E-state index in [0.29, 0.717) is 37.3 Å². The second kappa shape index (κ2) is 11.7. The number of nitrogens with zero attached hydrogens (tertiary/aromatic N) is 9. The second-order valence-corrected chi connectivity index (χ2v) is 9.01. The fraction of sp³-hybridized carbons (Fsp3) is 0.652. The summed E-state index contributed by atoms with van der Waals surface area (Å²) in [7, 11) is 2.06. The van der Waals surface area contributed by atoms with Crippen LogP contribution >= 0.6 is 0 Å². The monoisotopic (exact) mass is 453 g/mol. The van der Waals surface area contributed by atoms with Crippen LogP contribution in [0.5, 0.6) is 5.75 Å². The Morgan fingerprint density at radius 3 is 2.58 bits per heavy atom. The van der Waals surface area contributed by atoms with E-state index in [2.05, 4.69) is 64.8 Å². The lowest BCUT2D eigenvalue weighted by Crippen LogP contribution is -2.44. The first-order valence-corrected chi connectivity index (χ1v) is 11.7. The van der Waals surface area contributed by atoms with Gasteiger partial charge in [-0.2, -0.15) is 5.10 Å². The first kappa shape index (κ1) is 24.5. The third kappa shape index (κ3) is 6.68. The minimum absolute atomic E-state index is 0.359. The van der Waals surface area contributed by atoms with Gasteiger partial charge in [0.25, 0.3) is 0 Å². The summed E-state index contributed by atoms with van der Waals surface area (Å²) < 4.78 is 5.72. The number of aryl methyl sites for hydroxylation is 2. The highest BCUT2D eigenvalue weighted by Gasteiger charge is 2.26. The quantitative estimate of drug-likeness (QED) is 0.228. The van der Waals surface area contributed by atoms with Crippen LogP contribution in [-0.4, -0.2) is 59.5 Å². The van der Waals surface area contributed by atoms with E-state index in [1.807, 2.05) is 6.07 Å². The molecule has 0 unspecified atom stereocenters. The third-order valence-electron chi connectivity index (χ3n) is 6.03. The number of piperidine rings is 1. The SMILES string of the molecule is Cc1nc(N2CCC(N(C)c3cc(OCCCN=[N+]=[N-])cnn3)CC2)nc(C)c1CC(C)C. The fourth-order valence-corrected chi connectivity index (χ4v) is 4.17. The molecule has 33 heavy (non-hydrogen) atoms. The summed E-state index contributed by atoms with van der Waals surface area (Å²) in [6, 6.07) is 2.27. The van der Waals surface area contributed by atoms with Crippen LogP contribution in [0.1, 0.15) is 50.1 Å². The maximum absolute atomic E-state index is 8.33. The smallest absolute Gasteiger partial charge is 0.225 e. The Kier molecular flexibility index (Phi) is 8.65. The minimum Gasteiger partial charge on any atom is -0.492 e. The Morgan fingerprint density at radius 1 is 1.24 bits per heavy atom. The molecule has 0 amide bonds. The van der Waals surface area contributed by atoms with Crippen LogP contribution in [0.2, 0.25) is 0 Å². The molecule has 10 heteroatoms. The number of anilines is 2. The van der Waals surface area contributed by atoms with E-state index in [-0.39, 0.29) is 0 Å². The Bertz CT molecular complexity index is 943. The zero-order valence-corrected chi connectivity index (χ0v) is 20.4. The Hall–Kier alpha value is -3.13. The van der Waals surface area contributed by atoms with Crippen molar-refractivity contribution in [1.29, 1.82) is 0 Å². The lowest BCUT2D eigenvalue weighted by Gasteiger charge is -2.37. The number of hydrogen-bond donors (Lipinski definition) is 0. The van der Waals surface area contributed by atoms with Gasteiger partial charge >= 0.3 is 0 Å². The molecule has 1 aliphatic rings. The van der Waals surface area contributed by atoms with Gasteiger partial charge in [0.1, 0.15) is 5.75 Å². The number of azide groups is 1. The van der Waals surface area contributed by atoms with Gasteiger partial charge in [0, 0.05) is 55.1 Å². The van der Waals surface area contributed by atoms with Crippen LogP contribution in [0.4, 0.5) is 11.8 Å². The van der Waals surface area contributed by atoms with Gasteiger partial charge in [0.15, 0.2) is 5.82 Å². The van der Waals surface area contributed by atoms with Crippen LogP contribution in [0.3, 0.4) is 0 Å². The van der Waals surface area contributed by atoms with Crippen molar-refractivity contribution in [3.63, 3.8) is 0 Å². The number of aromatic nitrogens is 4. The predicted octanol–water partition coefficient (Wildman–Crippen LogP) is 4.27. The topological polar surface area (TPSA) is 116 Å². The molecule has 1 aliphatic heterocycles. The number of ether oxygens (including phenoxy) is 1. The number of rotatable bonds is 10. The molecule has 1 fully saturated rings. The maximum atomic E-state index is 8.33. The summed E-state index contributed by atoms with van der Waals surface area (Å²) in [6.45, 7) is 11.4. The Balaban J connectivity index is 1.57. The van der Waals surface area contributed by atoms with Gasteiger partial charge in [-0.3, -0.25) is 0 Å². The Labute approximate surface area is 196 Å². The van der Waals surface area contributed by atoms with Gasteiger partial charge in [-0.05, 0) is 56.5 Å². The molecule has 0 saturated carbocycles. The fourth-order valence-electron chi connectivity index (χ4n) is 4.17. The molecule has 1 saturated heterocycles. The van der Waals surface area contributed by atoms with Crippen LogP contribution in [0, 0.1) is 19.8 Å². The van der Waals surface area contributed by atoms with Crippen LogP contribution in [0.15, 0.2) is 17.4 Å². The van der Waals surface area contributed by atoms with Crippen molar-refractivity contribution in [3.05, 3.63) is 39.7 Å². The van der Waals surface area contributed by atoms with Crippen molar-refractivity contribution >= 4 is 11.8 Å². The molecule has 0 aromatic carbocycles. The molecular formula is C23H35N9O. The van der Waals surface area contributed by atoms with E-state index in [1.54, 1.807) is 6.20 Å². The maximum Gasteiger partial charge on any atom is 0.225 e. The summed E-state index contributed by atoms with van der Waals surface area (Å²) in [5.41, 5.74) is 11.8. The Morgan fingerprint density at radius 2 is 1.94 bits per heavy atom. The average molecular weight is 454 g/mol. The van der Waals surface area contributed by atoms with Crippen molar-refractivity contribution in [2.75, 3.05) is 43.1 Å². The molecule has 0 N–H and O–H groups in total. The molecule has 3 heterocycles. The molecule has 10 nitrogen and oxygen atoms in total. The van der Waals surface area contributed by atoms with E-state index in [9.17, 15) is 0 Å². The molecule has 0 aliphatic carbocycles. The highest BCUT2D eigenvalue weighted by Crippen LogP contribution is 2.26. The molecule has 0 radical (unpaired) electrons. The van der Waals surface area contributed by atoms with Crippen molar-refractivity contribution < 1.29 is 4.74 Å². The third-order valence-corrected chi connectivity index (χ3v) is 6.03. The van der Waals surface area contributed by atoms with Gasteiger partial charge < -0.3 is 14.5 Å². The number of hydrogen-bond acceptors (Lipinski definition) is 8. The molecule has 0 spiro atoms. The highest BCUT2D eigenvalue weighted by atomic mass is 16.5. The molecule has 2 aromatic rings. The normalized spacial score (nSPS) is 14.3. The van der Waals surface area contributed by atoms with Crippen LogP contribution in [0.25, 0.3) is 10.4 Å². The van der Waals surface area contributed by atoms with Gasteiger partial charge in [-0.15, -0.1) is 5.10 Å². The van der Waals surface area contributed by atoms with Gasteiger partial charge in [-0.1, -0.05) is 19.0 Å². The predicted molar refractivity (Wildman–Crippen MR) is 130 cm³/mol. The van der Waals surface area contributed by atoms with Gasteiger partial charge in [0.2, 0.25) is 5.95 Å². The van der Waals surface area contributed by atoms with Crippen LogP contribution < -0.4 is 14.5 Å². The standard InChI is InChI=1S/C23H35N9O/c1-16(2)13-21-17(3)27-23(28-18(21)4)32-10-7-19(8-11-32)31(5)22-14-20(15-26-29-22)33-12-6-9-25-30-24/h14-16,19H,6-13H2,1-5H3. The molecule has 178 valence electrons. The van der Waals surface area contributed by atoms with Gasteiger partial charge in [-0.25, -0.2) is 9.97 Å². The summed E-state index contributed by atoms with van der Waals surface area (Å²) >= 11 is 0. The summed E-state index contributed by atoms with van der Waals surface area (Å²) in [4.78, 5) is 16.9. The van der Waals surface area contributed by atoms with E-state index in [1.165, 1.54) is 5.56 Å². The molecule has 0 bridgehead atoms. The highest BCUT2D eigenvalue weighted by molar-refractivity contribution is 5.43. The first-order chi connectivity index (χ1) is 15.9. The van der Waals surface area contributed by atoms with Crippen molar-refractivity contribution in [2.24, 2.45) is 11.0 Å². The van der Waals surface area contributed by atoms with E-state index in [0.717, 1.165) is 55.5 Å². The van der Waals surface area contributed by atoms with Crippen molar-refractivity contribution in [1.82, 2.24) is 20.2 Å². The zero-order chi connectivity index (χ0) is 23.8. The zero-order valence-electron chi connectivity index (χ0n) is 20.4. The van der Waals surface area contributed by atoms with E-state index < -0.39 is 0 Å². The molecule has 0 atom stereocenters. The molecule has 3 rings (SSSR count). The average Bonchev–Trinajstić information content (AvgIpc) is 2.81. The minimum atomic E-state index is 0.359. The lowest BCUT2D eigenvalue weighted by molar-refractivity contribution is 0.311. The second-order valence-electron chi connectivity index (χ2n) is 9.01. The van der Waals surface area contributed by atoms with Gasteiger partial charge in [0.05, 0.1) is 12.8 Å². The van der Waals surface area contributed by atoms with E-state index >= 15 is 0 Å². The first-order valence-electron chi connectivity index (χ1n) is 11.7. The molecule has 2 aromatic heterocycles. The summed E-state index contributed by atoms with van der Waals surface area (Å²) in [6.07, 6.45) is 5.27. The largest absolute Gasteiger partial charge is 0.492 e. The van der Waals surface area contributed by atoms with Crippen molar-refractivity contribution in [3.8, 4) is 5.75 Å². The molecular weight excluding hydrogens is 418 g/mol. The lowest BCUT2D eigenvalue weighted by atomic mass is 10.0. The van der Waals surface area contributed by atoms with E-state index in [4.69, 9.17) is 20.2 Å². The van der Waals surface area contributed by atoms with Crippen molar-refractivity contribution in [2.45, 2.75) is 59.4 Å². The summed E-state index contributed by atoms with van der Waals surface area (Å²) in [5, 5.41) is 11.9. The summed E-state index contributed by atoms with van der Waals surface area (Å²) in [5.74, 6) is 2.90.